The number of fused-ring (bicyclic) bond motifs is 1. The van der Waals surface area contributed by atoms with E-state index in [1.54, 1.807) is 6.07 Å². The van der Waals surface area contributed by atoms with Gasteiger partial charge in [-0.2, -0.15) is 0 Å². The van der Waals surface area contributed by atoms with E-state index < -0.39 is 17.5 Å². The summed E-state index contributed by atoms with van der Waals surface area (Å²) in [6.07, 6.45) is 5.68. The number of pyridine rings is 1. The molecule has 0 radical (unpaired) electrons. The Morgan fingerprint density at radius 3 is 2.89 bits per heavy atom. The van der Waals surface area contributed by atoms with Crippen molar-refractivity contribution in [3.8, 4) is 0 Å². The zero-order valence-electron chi connectivity index (χ0n) is 14.2. The number of aromatic nitrogens is 2. The lowest BCUT2D eigenvalue weighted by Crippen LogP contribution is -2.27. The van der Waals surface area contributed by atoms with E-state index in [-0.39, 0.29) is 30.2 Å². The van der Waals surface area contributed by atoms with Gasteiger partial charge in [-0.15, -0.1) is 11.8 Å². The summed E-state index contributed by atoms with van der Waals surface area (Å²) < 4.78 is 30.3. The number of aliphatic hydroxyl groups excluding tert-OH is 1. The lowest BCUT2D eigenvalue weighted by atomic mass is 10.1. The SMILES string of the molecule is CSc1ccc(Nc2c(C(=O)NOCCO)c(F)cn3cncc23)c(F)c1. The molecule has 3 aromatic rings. The van der Waals surface area contributed by atoms with Crippen LogP contribution in [0.3, 0.4) is 0 Å². The fourth-order valence-electron chi connectivity index (χ4n) is 2.46. The molecule has 7 nitrogen and oxygen atoms in total. The van der Waals surface area contributed by atoms with E-state index in [0.717, 1.165) is 11.1 Å². The number of thioether (sulfide) groups is 1. The molecular formula is C17H16F2N4O3S. The number of benzene rings is 1. The van der Waals surface area contributed by atoms with Crippen LogP contribution in [0, 0.1) is 11.6 Å². The number of hydrogen-bond acceptors (Lipinski definition) is 6. The highest BCUT2D eigenvalue weighted by Gasteiger charge is 2.22. The van der Waals surface area contributed by atoms with Crippen LogP contribution >= 0.6 is 11.8 Å². The first-order valence-electron chi connectivity index (χ1n) is 7.83. The number of nitrogens with zero attached hydrogens (tertiary/aromatic N) is 2. The number of hydrogen-bond donors (Lipinski definition) is 3. The van der Waals surface area contributed by atoms with Gasteiger partial charge in [0.25, 0.3) is 5.91 Å². The van der Waals surface area contributed by atoms with Gasteiger partial charge in [0.05, 0.1) is 42.6 Å². The van der Waals surface area contributed by atoms with Gasteiger partial charge in [0.15, 0.2) is 5.82 Å². The van der Waals surface area contributed by atoms with Crippen molar-refractivity contribution in [1.29, 1.82) is 0 Å². The molecule has 10 heteroatoms. The van der Waals surface area contributed by atoms with Gasteiger partial charge < -0.3 is 14.8 Å². The van der Waals surface area contributed by atoms with Crippen molar-refractivity contribution < 1.29 is 23.5 Å². The molecular weight excluding hydrogens is 378 g/mol. The molecule has 0 atom stereocenters. The molecule has 27 heavy (non-hydrogen) atoms. The standard InChI is InChI=1S/C17H16F2N4O3S/c1-27-10-2-3-13(11(18)6-10)21-16-14-7-20-9-23(14)8-12(19)15(16)17(25)22-26-5-4-24/h2-3,6-9,21,24H,4-5H2,1H3,(H,22,25). The number of rotatable bonds is 7. The summed E-state index contributed by atoms with van der Waals surface area (Å²) in [6, 6.07) is 4.54. The number of anilines is 2. The lowest BCUT2D eigenvalue weighted by molar-refractivity contribution is 0.0166. The van der Waals surface area contributed by atoms with Crippen LogP contribution < -0.4 is 10.8 Å². The van der Waals surface area contributed by atoms with Gasteiger partial charge in [0.1, 0.15) is 11.4 Å². The molecule has 3 N–H and O–H groups in total. The van der Waals surface area contributed by atoms with Crippen molar-refractivity contribution in [2.45, 2.75) is 4.90 Å². The van der Waals surface area contributed by atoms with Gasteiger partial charge in [-0.3, -0.25) is 9.63 Å². The summed E-state index contributed by atoms with van der Waals surface area (Å²) >= 11 is 1.38. The van der Waals surface area contributed by atoms with Crippen LogP contribution in [-0.4, -0.2) is 39.9 Å². The van der Waals surface area contributed by atoms with Gasteiger partial charge in [-0.1, -0.05) is 0 Å². The zero-order valence-corrected chi connectivity index (χ0v) is 15.0. The summed E-state index contributed by atoms with van der Waals surface area (Å²) in [5.41, 5.74) is 2.17. The van der Waals surface area contributed by atoms with Crippen molar-refractivity contribution >= 4 is 34.6 Å². The smallest absolute Gasteiger partial charge is 0.280 e. The molecule has 0 fully saturated rings. The normalized spacial score (nSPS) is 11.0. The third kappa shape index (κ3) is 4.02. The maximum atomic E-state index is 14.6. The lowest BCUT2D eigenvalue weighted by Gasteiger charge is -2.15. The minimum Gasteiger partial charge on any atom is -0.394 e. The number of carbonyl (C=O) groups excluding carboxylic acids is 1. The molecule has 0 unspecified atom stereocenters. The van der Waals surface area contributed by atoms with Gasteiger partial charge in [-0.25, -0.2) is 19.2 Å². The molecule has 0 spiro atoms. The topological polar surface area (TPSA) is 87.9 Å². The Morgan fingerprint density at radius 1 is 1.37 bits per heavy atom. The average Bonchev–Trinajstić information content (AvgIpc) is 3.11. The van der Waals surface area contributed by atoms with E-state index in [2.05, 4.69) is 15.8 Å². The van der Waals surface area contributed by atoms with Gasteiger partial charge in [-0.05, 0) is 24.5 Å². The molecule has 0 aliphatic rings. The highest BCUT2D eigenvalue weighted by atomic mass is 32.2. The van der Waals surface area contributed by atoms with Crippen LogP contribution in [0.2, 0.25) is 0 Å². The summed E-state index contributed by atoms with van der Waals surface area (Å²) in [4.78, 5) is 21.8. The zero-order chi connectivity index (χ0) is 19.4. The Kier molecular flexibility index (Phi) is 5.89. The highest BCUT2D eigenvalue weighted by molar-refractivity contribution is 7.98. The number of hydroxylamine groups is 1. The maximum Gasteiger partial charge on any atom is 0.280 e. The maximum absolute atomic E-state index is 14.6. The third-order valence-electron chi connectivity index (χ3n) is 3.68. The Bertz CT molecular complexity index is 980. The van der Waals surface area contributed by atoms with E-state index in [1.165, 1.54) is 40.8 Å². The number of halogens is 2. The average molecular weight is 394 g/mol. The molecule has 0 aliphatic carbocycles. The number of amides is 1. The summed E-state index contributed by atoms with van der Waals surface area (Å²) in [5.74, 6) is -2.28. The Balaban J connectivity index is 2.05. The number of imidazole rings is 1. The molecule has 0 saturated heterocycles. The molecule has 0 saturated carbocycles. The Hall–Kier alpha value is -2.69. The van der Waals surface area contributed by atoms with Crippen molar-refractivity contribution in [1.82, 2.24) is 14.9 Å². The molecule has 0 bridgehead atoms. The molecule has 0 aliphatic heterocycles. The number of nitrogens with one attached hydrogen (secondary N) is 2. The minimum absolute atomic E-state index is 0.0356. The fourth-order valence-corrected chi connectivity index (χ4v) is 2.88. The highest BCUT2D eigenvalue weighted by Crippen LogP contribution is 2.31. The van der Waals surface area contributed by atoms with Crippen molar-refractivity contribution in [3.63, 3.8) is 0 Å². The Morgan fingerprint density at radius 2 is 2.19 bits per heavy atom. The predicted octanol–water partition coefficient (Wildman–Crippen LogP) is 2.73. The first-order valence-corrected chi connectivity index (χ1v) is 9.05. The van der Waals surface area contributed by atoms with Crippen LogP contribution in [0.15, 0.2) is 41.8 Å². The molecule has 142 valence electrons. The van der Waals surface area contributed by atoms with E-state index in [1.807, 2.05) is 6.26 Å². The summed E-state index contributed by atoms with van der Waals surface area (Å²) in [7, 11) is 0. The molecule has 3 rings (SSSR count). The van der Waals surface area contributed by atoms with Crippen molar-refractivity contribution in [3.05, 3.63) is 54.1 Å². The van der Waals surface area contributed by atoms with E-state index >= 15 is 0 Å². The van der Waals surface area contributed by atoms with Gasteiger partial charge in [0.2, 0.25) is 0 Å². The van der Waals surface area contributed by atoms with E-state index in [9.17, 15) is 13.6 Å². The van der Waals surface area contributed by atoms with Crippen LogP contribution in [-0.2, 0) is 4.84 Å². The fraction of sp³-hybridized carbons (Fsp3) is 0.176. The second kappa shape index (κ2) is 8.33. The van der Waals surface area contributed by atoms with Crippen LogP contribution in [0.25, 0.3) is 5.52 Å². The second-order valence-electron chi connectivity index (χ2n) is 5.39. The largest absolute Gasteiger partial charge is 0.394 e. The predicted molar refractivity (Wildman–Crippen MR) is 97.1 cm³/mol. The molecule has 2 heterocycles. The van der Waals surface area contributed by atoms with Gasteiger partial charge >= 0.3 is 0 Å². The monoisotopic (exact) mass is 394 g/mol. The Labute approximate surface area is 157 Å². The molecule has 2 aromatic heterocycles. The summed E-state index contributed by atoms with van der Waals surface area (Å²) in [5, 5.41) is 11.5. The van der Waals surface area contributed by atoms with Gasteiger partial charge in [0, 0.05) is 11.1 Å². The summed E-state index contributed by atoms with van der Waals surface area (Å²) in [6.45, 7) is -0.474. The van der Waals surface area contributed by atoms with E-state index in [0.29, 0.717) is 5.52 Å². The first-order chi connectivity index (χ1) is 13.0. The molecule has 1 aromatic carbocycles. The van der Waals surface area contributed by atoms with E-state index in [4.69, 9.17) is 9.94 Å². The second-order valence-corrected chi connectivity index (χ2v) is 6.27. The van der Waals surface area contributed by atoms with Crippen LogP contribution in [0.5, 0.6) is 0 Å². The quantitative estimate of drug-likeness (QED) is 0.325. The molecule has 1 amide bonds. The van der Waals surface area contributed by atoms with Crippen molar-refractivity contribution in [2.24, 2.45) is 0 Å². The van der Waals surface area contributed by atoms with Crippen LogP contribution in [0.1, 0.15) is 10.4 Å². The van der Waals surface area contributed by atoms with Crippen molar-refractivity contribution in [2.75, 3.05) is 24.8 Å². The third-order valence-corrected chi connectivity index (χ3v) is 4.41. The minimum atomic E-state index is -0.881. The first kappa shape index (κ1) is 19.1. The number of aliphatic hydroxyl groups is 1. The van der Waals surface area contributed by atoms with Crippen LogP contribution in [0.4, 0.5) is 20.2 Å². The number of carbonyl (C=O) groups is 1.